The maximum absolute atomic E-state index is 13.8. The lowest BCUT2D eigenvalue weighted by molar-refractivity contribution is 0.00578. The first kappa shape index (κ1) is 29.4. The summed E-state index contributed by atoms with van der Waals surface area (Å²) in [5.74, 6) is 0.244. The molecule has 4 aliphatic rings. The number of hydrogen-bond donors (Lipinski definition) is 2. The number of rotatable bonds is 5. The second-order valence-corrected chi connectivity index (χ2v) is 13.7. The van der Waals surface area contributed by atoms with Gasteiger partial charge in [0.25, 0.3) is 5.91 Å². The van der Waals surface area contributed by atoms with Crippen LogP contribution in [0, 0.1) is 5.92 Å². The molecule has 11 heteroatoms. The number of hydrogen-bond acceptors (Lipinski definition) is 9. The Morgan fingerprint density at radius 1 is 1.07 bits per heavy atom. The predicted octanol–water partition coefficient (Wildman–Crippen LogP) is 4.87. The van der Waals surface area contributed by atoms with Crippen molar-refractivity contribution in [2.75, 3.05) is 10.2 Å². The van der Waals surface area contributed by atoms with Crippen LogP contribution in [0.4, 0.5) is 16.3 Å². The van der Waals surface area contributed by atoms with Gasteiger partial charge >= 0.3 is 13.2 Å². The summed E-state index contributed by atoms with van der Waals surface area (Å²) < 4.78 is 18.4. The number of ether oxygens (including phenoxy) is 1. The molecule has 1 atom stereocenters. The van der Waals surface area contributed by atoms with Crippen molar-refractivity contribution in [2.24, 2.45) is 5.92 Å². The molecular weight excluding hydrogens is 547 g/mol. The van der Waals surface area contributed by atoms with Crippen LogP contribution in [0.1, 0.15) is 83.4 Å². The van der Waals surface area contributed by atoms with Crippen LogP contribution in [0.15, 0.2) is 61.1 Å². The standard InChI is InChI=1S/C32H39BN4O6/c1-29(2,3)41-28(39)37-26(25-22(27(37)38)9-8-10-23(25)33-42-30(4,5)31(6,7)43-33)35-24-14-13-21(19-34-24)36-17-15-32(40,16-18-36)20-11-12-20/h8-10,13-20,26,40H,11-12H2,1-7H3,(H,34,35). The Morgan fingerprint density at radius 2 is 1.72 bits per heavy atom. The maximum Gasteiger partial charge on any atom is 0.495 e. The molecule has 2 fully saturated rings. The van der Waals surface area contributed by atoms with E-state index in [-0.39, 0.29) is 5.92 Å². The predicted molar refractivity (Wildman–Crippen MR) is 164 cm³/mol. The third kappa shape index (κ3) is 5.34. The van der Waals surface area contributed by atoms with Crippen LogP contribution >= 0.6 is 0 Å². The first-order chi connectivity index (χ1) is 20.1. The van der Waals surface area contributed by atoms with E-state index >= 15 is 0 Å². The van der Waals surface area contributed by atoms with E-state index in [1.54, 1.807) is 45.2 Å². The molecule has 10 nitrogen and oxygen atoms in total. The summed E-state index contributed by atoms with van der Waals surface area (Å²) in [6.07, 6.45) is 9.36. The lowest BCUT2D eigenvalue weighted by Crippen LogP contribution is -2.43. The van der Waals surface area contributed by atoms with Crippen LogP contribution in [0.3, 0.4) is 0 Å². The number of carbonyl (C=O) groups is 2. The molecule has 4 heterocycles. The quantitative estimate of drug-likeness (QED) is 0.474. The van der Waals surface area contributed by atoms with Gasteiger partial charge < -0.3 is 29.4 Å². The van der Waals surface area contributed by atoms with E-state index in [1.807, 2.05) is 69.3 Å². The van der Waals surface area contributed by atoms with E-state index in [2.05, 4.69) is 10.3 Å². The number of imide groups is 1. The lowest BCUT2D eigenvalue weighted by Gasteiger charge is -2.32. The third-order valence-corrected chi connectivity index (χ3v) is 8.78. The number of amides is 2. The molecule has 2 amide bonds. The topological polar surface area (TPSA) is 113 Å². The van der Waals surface area contributed by atoms with Crippen molar-refractivity contribution in [3.05, 3.63) is 72.2 Å². The summed E-state index contributed by atoms with van der Waals surface area (Å²) in [5.41, 5.74) is -0.528. The summed E-state index contributed by atoms with van der Waals surface area (Å²) in [5, 5.41) is 14.1. The van der Waals surface area contributed by atoms with Crippen molar-refractivity contribution in [1.29, 1.82) is 0 Å². The van der Waals surface area contributed by atoms with Gasteiger partial charge in [-0.3, -0.25) is 4.79 Å². The number of aliphatic hydroxyl groups is 1. The van der Waals surface area contributed by atoms with Crippen molar-refractivity contribution >= 4 is 36.1 Å². The Labute approximate surface area is 252 Å². The highest BCUT2D eigenvalue weighted by molar-refractivity contribution is 6.63. The van der Waals surface area contributed by atoms with E-state index in [1.165, 1.54) is 0 Å². The monoisotopic (exact) mass is 586 g/mol. The number of anilines is 2. The number of benzene rings is 1. The van der Waals surface area contributed by atoms with Gasteiger partial charge in [0, 0.05) is 23.5 Å². The highest BCUT2D eigenvalue weighted by Crippen LogP contribution is 2.43. The minimum absolute atomic E-state index is 0.277. The number of nitrogens with zero attached hydrogens (tertiary/aromatic N) is 3. The highest BCUT2D eigenvalue weighted by atomic mass is 16.7. The lowest BCUT2D eigenvalue weighted by atomic mass is 9.74. The average molecular weight is 586 g/mol. The fourth-order valence-electron chi connectivity index (χ4n) is 5.52. The largest absolute Gasteiger partial charge is 0.495 e. The fraction of sp³-hybridized carbons (Fsp3) is 0.469. The fourth-order valence-corrected chi connectivity index (χ4v) is 5.52. The van der Waals surface area contributed by atoms with Crippen molar-refractivity contribution in [3.8, 4) is 0 Å². The molecule has 6 rings (SSSR count). The van der Waals surface area contributed by atoms with E-state index in [4.69, 9.17) is 14.0 Å². The molecule has 1 saturated carbocycles. The maximum atomic E-state index is 13.8. The van der Waals surface area contributed by atoms with Gasteiger partial charge in [0.15, 0.2) is 0 Å². The van der Waals surface area contributed by atoms with Gasteiger partial charge in [0.1, 0.15) is 23.2 Å². The molecule has 226 valence electrons. The second kappa shape index (κ2) is 9.94. The SMILES string of the molecule is CC(C)(C)OC(=O)N1C(=O)c2cccc(B3OC(C)(C)C(C)(C)O3)c2C1Nc1ccc(N2C=CC(O)(C3CC3)C=C2)cn1. The Kier molecular flexibility index (Phi) is 6.80. The molecule has 1 aliphatic carbocycles. The number of nitrogens with one attached hydrogen (secondary N) is 1. The highest BCUT2D eigenvalue weighted by Gasteiger charge is 2.54. The van der Waals surface area contributed by atoms with Gasteiger partial charge in [0.2, 0.25) is 0 Å². The van der Waals surface area contributed by atoms with E-state index in [0.29, 0.717) is 22.4 Å². The summed E-state index contributed by atoms with van der Waals surface area (Å²) >= 11 is 0. The first-order valence-electron chi connectivity index (χ1n) is 14.8. The van der Waals surface area contributed by atoms with E-state index in [0.717, 1.165) is 23.4 Å². The molecule has 0 radical (unpaired) electrons. The summed E-state index contributed by atoms with van der Waals surface area (Å²) in [6.45, 7) is 13.1. The third-order valence-electron chi connectivity index (χ3n) is 8.78. The molecule has 43 heavy (non-hydrogen) atoms. The van der Waals surface area contributed by atoms with Gasteiger partial charge in [-0.05, 0) is 103 Å². The second-order valence-electron chi connectivity index (χ2n) is 13.7. The molecule has 3 aliphatic heterocycles. The van der Waals surface area contributed by atoms with Crippen molar-refractivity contribution in [1.82, 2.24) is 9.88 Å². The van der Waals surface area contributed by atoms with Gasteiger partial charge in [-0.1, -0.05) is 12.1 Å². The summed E-state index contributed by atoms with van der Waals surface area (Å²) in [6, 6.07) is 8.98. The minimum atomic E-state index is -0.922. The number of aromatic nitrogens is 1. The molecule has 2 N–H and O–H groups in total. The Hall–Kier alpha value is -3.67. The van der Waals surface area contributed by atoms with Crippen molar-refractivity contribution in [3.63, 3.8) is 0 Å². The molecular formula is C32H39BN4O6. The van der Waals surface area contributed by atoms with Crippen LogP contribution in [0.2, 0.25) is 0 Å². The Bertz CT molecular complexity index is 1480. The zero-order valence-electron chi connectivity index (χ0n) is 25.7. The molecule has 1 aromatic carbocycles. The molecule has 1 saturated heterocycles. The van der Waals surface area contributed by atoms with Crippen LogP contribution < -0.4 is 15.7 Å². The number of carbonyl (C=O) groups excluding carboxylic acids is 2. The van der Waals surface area contributed by atoms with Gasteiger partial charge in [-0.2, -0.15) is 0 Å². The zero-order chi connectivity index (χ0) is 30.9. The zero-order valence-corrected chi connectivity index (χ0v) is 25.7. The van der Waals surface area contributed by atoms with Crippen LogP contribution in [-0.2, 0) is 14.0 Å². The van der Waals surface area contributed by atoms with E-state index in [9.17, 15) is 14.7 Å². The van der Waals surface area contributed by atoms with Gasteiger partial charge in [0.05, 0.1) is 23.1 Å². The minimum Gasteiger partial charge on any atom is -0.443 e. The molecule has 2 aromatic rings. The molecule has 1 unspecified atom stereocenters. The Balaban J connectivity index is 1.32. The normalized spacial score (nSPS) is 23.5. The first-order valence-corrected chi connectivity index (χ1v) is 14.8. The molecule has 0 spiro atoms. The van der Waals surface area contributed by atoms with Crippen molar-refractivity contribution in [2.45, 2.75) is 89.9 Å². The van der Waals surface area contributed by atoms with Gasteiger partial charge in [-0.25, -0.2) is 14.7 Å². The summed E-state index contributed by atoms with van der Waals surface area (Å²) in [4.78, 5) is 34.8. The number of pyridine rings is 1. The smallest absolute Gasteiger partial charge is 0.443 e. The van der Waals surface area contributed by atoms with Crippen molar-refractivity contribution < 1.29 is 28.7 Å². The number of fused-ring (bicyclic) bond motifs is 1. The Morgan fingerprint density at radius 3 is 2.28 bits per heavy atom. The average Bonchev–Trinajstić information content (AvgIpc) is 3.71. The molecule has 1 aromatic heterocycles. The van der Waals surface area contributed by atoms with Crippen LogP contribution in [-0.4, -0.2) is 56.5 Å². The van der Waals surface area contributed by atoms with Gasteiger partial charge in [-0.15, -0.1) is 0 Å². The van der Waals surface area contributed by atoms with E-state index < -0.39 is 47.7 Å². The van der Waals surface area contributed by atoms with Crippen LogP contribution in [0.25, 0.3) is 0 Å². The summed E-state index contributed by atoms with van der Waals surface area (Å²) in [7, 11) is -0.752. The van der Waals surface area contributed by atoms with Crippen LogP contribution in [0.5, 0.6) is 0 Å². The molecule has 0 bridgehead atoms.